The normalized spacial score (nSPS) is 10.4. The molecule has 0 N–H and O–H groups in total. The van der Waals surface area contributed by atoms with Crippen molar-refractivity contribution in [3.63, 3.8) is 0 Å². The maximum absolute atomic E-state index is 5.59. The molecule has 0 aliphatic heterocycles. The largest absolute Gasteiger partial charge is 0.377 e. The summed E-state index contributed by atoms with van der Waals surface area (Å²) in [4.78, 5) is 0. The smallest absolute Gasteiger partial charge is 0.0716 e. The molecule has 1 aromatic rings. The Morgan fingerprint density at radius 3 is 2.38 bits per heavy atom. The van der Waals surface area contributed by atoms with E-state index in [1.807, 2.05) is 0 Å². The highest BCUT2D eigenvalue weighted by Crippen LogP contribution is 2.07. The van der Waals surface area contributed by atoms with Gasteiger partial charge < -0.3 is 4.74 Å². The van der Waals surface area contributed by atoms with Crippen molar-refractivity contribution < 1.29 is 4.74 Å². The topological polar surface area (TPSA) is 9.23 Å². The van der Waals surface area contributed by atoms with Crippen LogP contribution in [0.4, 0.5) is 0 Å². The Hall–Kier alpha value is -1.26. The van der Waals surface area contributed by atoms with Crippen LogP contribution < -0.4 is 0 Å². The number of terminal acetylenes is 1. The molecule has 1 rings (SSSR count). The van der Waals surface area contributed by atoms with Crippen molar-refractivity contribution in [1.29, 1.82) is 0 Å². The third-order valence-corrected chi connectivity index (χ3v) is 2.44. The lowest BCUT2D eigenvalue weighted by molar-refractivity contribution is 0.110. The van der Waals surface area contributed by atoms with Crippen molar-refractivity contribution in [3.8, 4) is 12.3 Å². The van der Waals surface area contributed by atoms with Crippen molar-refractivity contribution in [2.24, 2.45) is 5.92 Å². The lowest BCUT2D eigenvalue weighted by Gasteiger charge is -2.06. The van der Waals surface area contributed by atoms with E-state index < -0.39 is 0 Å². The molecule has 0 bridgehead atoms. The van der Waals surface area contributed by atoms with Crippen molar-refractivity contribution in [1.82, 2.24) is 0 Å². The molecule has 1 aromatic carbocycles. The SMILES string of the molecule is C#CCc1ccc(COCCC(C)C)cc1. The lowest BCUT2D eigenvalue weighted by Crippen LogP contribution is -1.99. The van der Waals surface area contributed by atoms with Gasteiger partial charge in [0.1, 0.15) is 0 Å². The van der Waals surface area contributed by atoms with Crippen molar-refractivity contribution in [3.05, 3.63) is 35.4 Å². The third kappa shape index (κ3) is 5.00. The average Bonchev–Trinajstić information content (AvgIpc) is 2.27. The van der Waals surface area contributed by atoms with Gasteiger partial charge >= 0.3 is 0 Å². The van der Waals surface area contributed by atoms with Crippen LogP contribution in [-0.4, -0.2) is 6.61 Å². The van der Waals surface area contributed by atoms with E-state index in [1.165, 1.54) is 11.1 Å². The number of hydrogen-bond acceptors (Lipinski definition) is 1. The van der Waals surface area contributed by atoms with Crippen molar-refractivity contribution in [2.75, 3.05) is 6.61 Å². The van der Waals surface area contributed by atoms with Gasteiger partial charge in [0.05, 0.1) is 6.61 Å². The monoisotopic (exact) mass is 216 g/mol. The Morgan fingerprint density at radius 2 is 1.81 bits per heavy atom. The number of hydrogen-bond donors (Lipinski definition) is 0. The molecule has 86 valence electrons. The van der Waals surface area contributed by atoms with Crippen LogP contribution in [0.3, 0.4) is 0 Å². The van der Waals surface area contributed by atoms with Crippen LogP contribution in [0.5, 0.6) is 0 Å². The standard InChI is InChI=1S/C15H20O/c1-4-5-14-6-8-15(9-7-14)12-16-11-10-13(2)3/h1,6-9,13H,5,10-12H2,2-3H3. The molecule has 0 atom stereocenters. The summed E-state index contributed by atoms with van der Waals surface area (Å²) in [5.41, 5.74) is 2.40. The second-order valence-electron chi connectivity index (χ2n) is 4.43. The third-order valence-electron chi connectivity index (χ3n) is 2.44. The molecule has 0 amide bonds. The van der Waals surface area contributed by atoms with E-state index in [-0.39, 0.29) is 0 Å². The lowest BCUT2D eigenvalue weighted by atomic mass is 10.1. The van der Waals surface area contributed by atoms with E-state index in [2.05, 4.69) is 44.0 Å². The first kappa shape index (κ1) is 12.8. The van der Waals surface area contributed by atoms with Crippen LogP contribution in [0.2, 0.25) is 0 Å². The van der Waals surface area contributed by atoms with Gasteiger partial charge in [-0.3, -0.25) is 0 Å². The van der Waals surface area contributed by atoms with Crippen LogP contribution in [0.25, 0.3) is 0 Å². The fourth-order valence-electron chi connectivity index (χ4n) is 1.38. The van der Waals surface area contributed by atoms with Gasteiger partial charge in [0.15, 0.2) is 0 Å². The Morgan fingerprint density at radius 1 is 1.19 bits per heavy atom. The second kappa shape index (κ2) is 7.09. The quantitative estimate of drug-likeness (QED) is 0.523. The minimum atomic E-state index is 0.697. The first-order valence-electron chi connectivity index (χ1n) is 5.81. The van der Waals surface area contributed by atoms with Gasteiger partial charge in [0, 0.05) is 13.0 Å². The minimum absolute atomic E-state index is 0.697. The van der Waals surface area contributed by atoms with E-state index in [9.17, 15) is 0 Å². The number of benzene rings is 1. The first-order chi connectivity index (χ1) is 7.72. The van der Waals surface area contributed by atoms with Gasteiger partial charge in [-0.25, -0.2) is 0 Å². The summed E-state index contributed by atoms with van der Waals surface area (Å²) < 4.78 is 5.59. The van der Waals surface area contributed by atoms with E-state index in [0.717, 1.165) is 13.0 Å². The van der Waals surface area contributed by atoms with E-state index in [0.29, 0.717) is 18.9 Å². The molecule has 16 heavy (non-hydrogen) atoms. The van der Waals surface area contributed by atoms with Crippen molar-refractivity contribution in [2.45, 2.75) is 33.3 Å². The summed E-state index contributed by atoms with van der Waals surface area (Å²) in [7, 11) is 0. The highest BCUT2D eigenvalue weighted by atomic mass is 16.5. The molecule has 1 heteroatoms. The molecule has 0 saturated heterocycles. The molecular weight excluding hydrogens is 196 g/mol. The van der Waals surface area contributed by atoms with Gasteiger partial charge in [0.2, 0.25) is 0 Å². The van der Waals surface area contributed by atoms with Crippen LogP contribution in [-0.2, 0) is 17.8 Å². The molecule has 0 aliphatic rings. The fraction of sp³-hybridized carbons (Fsp3) is 0.467. The average molecular weight is 216 g/mol. The van der Waals surface area contributed by atoms with Gasteiger partial charge in [0.25, 0.3) is 0 Å². The van der Waals surface area contributed by atoms with Crippen LogP contribution in [0.1, 0.15) is 31.4 Å². The summed E-state index contributed by atoms with van der Waals surface area (Å²) in [5, 5.41) is 0. The molecule has 0 aromatic heterocycles. The molecular formula is C15H20O. The van der Waals surface area contributed by atoms with Crippen LogP contribution in [0, 0.1) is 18.3 Å². The molecule has 1 nitrogen and oxygen atoms in total. The minimum Gasteiger partial charge on any atom is -0.377 e. The maximum atomic E-state index is 5.59. The highest BCUT2D eigenvalue weighted by Gasteiger charge is 1.96. The molecule has 0 heterocycles. The predicted octanol–water partition coefficient (Wildman–Crippen LogP) is 3.43. The molecule has 0 fully saturated rings. The van der Waals surface area contributed by atoms with E-state index in [4.69, 9.17) is 11.2 Å². The first-order valence-corrected chi connectivity index (χ1v) is 5.81. The maximum Gasteiger partial charge on any atom is 0.0716 e. The number of rotatable bonds is 6. The summed E-state index contributed by atoms with van der Waals surface area (Å²) in [6, 6.07) is 8.31. The second-order valence-corrected chi connectivity index (χ2v) is 4.43. The van der Waals surface area contributed by atoms with Crippen LogP contribution in [0.15, 0.2) is 24.3 Å². The van der Waals surface area contributed by atoms with Crippen LogP contribution >= 0.6 is 0 Å². The van der Waals surface area contributed by atoms with E-state index >= 15 is 0 Å². The number of ether oxygens (including phenoxy) is 1. The summed E-state index contributed by atoms with van der Waals surface area (Å²) in [6.07, 6.45) is 7.07. The zero-order valence-corrected chi connectivity index (χ0v) is 10.2. The summed E-state index contributed by atoms with van der Waals surface area (Å²) in [5.74, 6) is 3.34. The Bertz CT molecular complexity index is 329. The zero-order valence-electron chi connectivity index (χ0n) is 10.2. The Balaban J connectivity index is 2.30. The molecule has 0 radical (unpaired) electrons. The van der Waals surface area contributed by atoms with Gasteiger partial charge in [-0.1, -0.05) is 38.1 Å². The Kier molecular flexibility index (Phi) is 5.67. The van der Waals surface area contributed by atoms with Gasteiger partial charge in [-0.05, 0) is 23.5 Å². The molecule has 0 unspecified atom stereocenters. The predicted molar refractivity (Wildman–Crippen MR) is 68.1 cm³/mol. The summed E-state index contributed by atoms with van der Waals surface area (Å²) in [6.45, 7) is 5.95. The summed E-state index contributed by atoms with van der Waals surface area (Å²) >= 11 is 0. The zero-order chi connectivity index (χ0) is 11.8. The highest BCUT2D eigenvalue weighted by molar-refractivity contribution is 5.24. The molecule has 0 spiro atoms. The molecule has 0 aliphatic carbocycles. The fourth-order valence-corrected chi connectivity index (χ4v) is 1.38. The van der Waals surface area contributed by atoms with E-state index in [1.54, 1.807) is 0 Å². The van der Waals surface area contributed by atoms with Crippen molar-refractivity contribution >= 4 is 0 Å². The van der Waals surface area contributed by atoms with Gasteiger partial charge in [-0.2, -0.15) is 0 Å². The molecule has 0 saturated carbocycles. The Labute approximate surface area is 98.8 Å². The van der Waals surface area contributed by atoms with Gasteiger partial charge in [-0.15, -0.1) is 12.3 Å².